The Morgan fingerprint density at radius 1 is 1.33 bits per heavy atom. The van der Waals surface area contributed by atoms with Gasteiger partial charge in [-0.25, -0.2) is 0 Å². The number of hydrogen-bond donors (Lipinski definition) is 1. The highest BCUT2D eigenvalue weighted by Crippen LogP contribution is 2.25. The first kappa shape index (κ1) is 9.72. The second-order valence-corrected chi connectivity index (χ2v) is 3.99. The second kappa shape index (κ2) is 4.04. The fourth-order valence-corrected chi connectivity index (χ4v) is 1.42. The molecule has 1 aromatic rings. The first-order valence-corrected chi connectivity index (χ1v) is 4.84. The summed E-state index contributed by atoms with van der Waals surface area (Å²) in [4.78, 5) is 0. The van der Waals surface area contributed by atoms with Crippen molar-refractivity contribution < 1.29 is 0 Å². The minimum absolute atomic E-state index is 0.547. The molecule has 0 amide bonds. The van der Waals surface area contributed by atoms with Crippen LogP contribution in [0.25, 0.3) is 0 Å². The summed E-state index contributed by atoms with van der Waals surface area (Å²) in [7, 11) is 0. The molecule has 2 N–H and O–H groups in total. The Morgan fingerprint density at radius 2 is 2.00 bits per heavy atom. The second-order valence-electron chi connectivity index (χ2n) is 2.28. The van der Waals surface area contributed by atoms with Crippen LogP contribution in [0.15, 0.2) is 27.1 Å². The largest absolute Gasteiger partial charge is 0.312 e. The van der Waals surface area contributed by atoms with Crippen LogP contribution in [0.5, 0.6) is 0 Å². The highest BCUT2D eigenvalue weighted by Gasteiger charge is 2.05. The Kier molecular flexibility index (Phi) is 3.27. The number of nitrogens with zero attached hydrogens (tertiary/aromatic N) is 1. The summed E-state index contributed by atoms with van der Waals surface area (Å²) in [6.07, 6.45) is 0. The van der Waals surface area contributed by atoms with E-state index in [0.29, 0.717) is 0 Å². The summed E-state index contributed by atoms with van der Waals surface area (Å²) in [5, 5.41) is 8.55. The first-order chi connectivity index (χ1) is 5.65. The van der Waals surface area contributed by atoms with Crippen molar-refractivity contribution in [1.29, 1.82) is 5.26 Å². The van der Waals surface area contributed by atoms with Gasteiger partial charge in [-0.2, -0.15) is 5.26 Å². The maximum Gasteiger partial charge on any atom is 0.118 e. The molecule has 0 aliphatic heterocycles. The summed E-state index contributed by atoms with van der Waals surface area (Å²) in [5.41, 5.74) is 6.33. The van der Waals surface area contributed by atoms with Gasteiger partial charge in [-0.05, 0) is 49.6 Å². The van der Waals surface area contributed by atoms with Crippen molar-refractivity contribution in [3.8, 4) is 6.07 Å². The van der Waals surface area contributed by atoms with Crippen molar-refractivity contribution in [2.45, 2.75) is 6.04 Å². The standard InChI is InChI=1S/C8H6Br2N2/c9-6-2-1-5(3-7(6)10)8(12)4-11/h1-3,8H,12H2. The highest BCUT2D eigenvalue weighted by atomic mass is 79.9. The van der Waals surface area contributed by atoms with E-state index in [9.17, 15) is 0 Å². The van der Waals surface area contributed by atoms with Crippen molar-refractivity contribution in [2.75, 3.05) is 0 Å². The molecule has 0 bridgehead atoms. The van der Waals surface area contributed by atoms with Crippen LogP contribution in [0.1, 0.15) is 11.6 Å². The fraction of sp³-hybridized carbons (Fsp3) is 0.125. The molecule has 0 saturated carbocycles. The SMILES string of the molecule is N#CC(N)c1ccc(Br)c(Br)c1. The van der Waals surface area contributed by atoms with E-state index < -0.39 is 6.04 Å². The van der Waals surface area contributed by atoms with Gasteiger partial charge in [-0.3, -0.25) is 0 Å². The molecule has 1 rings (SSSR count). The quantitative estimate of drug-likeness (QED) is 0.864. The molecule has 0 aromatic heterocycles. The minimum Gasteiger partial charge on any atom is -0.312 e. The van der Waals surface area contributed by atoms with Gasteiger partial charge < -0.3 is 5.73 Å². The molecular weight excluding hydrogens is 284 g/mol. The molecular formula is C8H6Br2N2. The van der Waals surface area contributed by atoms with Gasteiger partial charge in [0.1, 0.15) is 6.04 Å². The summed E-state index contributed by atoms with van der Waals surface area (Å²) >= 11 is 6.66. The number of hydrogen-bond acceptors (Lipinski definition) is 2. The smallest absolute Gasteiger partial charge is 0.118 e. The lowest BCUT2D eigenvalue weighted by atomic mass is 10.1. The van der Waals surface area contributed by atoms with E-state index in [1.165, 1.54) is 0 Å². The number of nitrogens with two attached hydrogens (primary N) is 1. The number of rotatable bonds is 1. The molecule has 0 fully saturated rings. The van der Waals surface area contributed by atoms with E-state index in [2.05, 4.69) is 31.9 Å². The Morgan fingerprint density at radius 3 is 2.50 bits per heavy atom. The molecule has 0 spiro atoms. The van der Waals surface area contributed by atoms with Crippen molar-refractivity contribution in [3.05, 3.63) is 32.7 Å². The van der Waals surface area contributed by atoms with Gasteiger partial charge in [0.05, 0.1) is 6.07 Å². The zero-order valence-electron chi connectivity index (χ0n) is 6.09. The maximum absolute atomic E-state index is 8.55. The van der Waals surface area contributed by atoms with Crippen molar-refractivity contribution in [1.82, 2.24) is 0 Å². The van der Waals surface area contributed by atoms with Crippen LogP contribution in [-0.2, 0) is 0 Å². The predicted octanol–water partition coefficient (Wildman–Crippen LogP) is 2.73. The molecule has 62 valence electrons. The summed E-state index contributed by atoms with van der Waals surface area (Å²) in [5.74, 6) is 0. The zero-order chi connectivity index (χ0) is 9.14. The normalized spacial score (nSPS) is 12.2. The van der Waals surface area contributed by atoms with Gasteiger partial charge in [-0.1, -0.05) is 6.07 Å². The van der Waals surface area contributed by atoms with Crippen LogP contribution >= 0.6 is 31.9 Å². The van der Waals surface area contributed by atoms with E-state index in [4.69, 9.17) is 11.0 Å². The number of halogens is 2. The lowest BCUT2D eigenvalue weighted by Crippen LogP contribution is -2.06. The third kappa shape index (κ3) is 2.07. The Balaban J connectivity index is 3.06. The fourth-order valence-electron chi connectivity index (χ4n) is 0.780. The molecule has 12 heavy (non-hydrogen) atoms. The maximum atomic E-state index is 8.55. The zero-order valence-corrected chi connectivity index (χ0v) is 9.26. The number of benzene rings is 1. The van der Waals surface area contributed by atoms with E-state index in [0.717, 1.165) is 14.5 Å². The lowest BCUT2D eigenvalue weighted by Gasteiger charge is -2.03. The average Bonchev–Trinajstić information content (AvgIpc) is 2.08. The summed E-state index contributed by atoms with van der Waals surface area (Å²) < 4.78 is 1.86. The van der Waals surface area contributed by atoms with E-state index in [-0.39, 0.29) is 0 Å². The molecule has 0 aliphatic carbocycles. The highest BCUT2D eigenvalue weighted by molar-refractivity contribution is 9.13. The van der Waals surface area contributed by atoms with Gasteiger partial charge in [0.2, 0.25) is 0 Å². The summed E-state index contributed by atoms with van der Waals surface area (Å²) in [6.45, 7) is 0. The topological polar surface area (TPSA) is 49.8 Å². The molecule has 1 unspecified atom stereocenters. The van der Waals surface area contributed by atoms with E-state index in [1.54, 1.807) is 0 Å². The molecule has 2 nitrogen and oxygen atoms in total. The molecule has 0 saturated heterocycles. The van der Waals surface area contributed by atoms with Gasteiger partial charge >= 0.3 is 0 Å². The van der Waals surface area contributed by atoms with Crippen molar-refractivity contribution in [2.24, 2.45) is 5.73 Å². The lowest BCUT2D eigenvalue weighted by molar-refractivity contribution is 0.924. The third-order valence-corrected chi connectivity index (χ3v) is 3.32. The monoisotopic (exact) mass is 288 g/mol. The molecule has 1 aromatic carbocycles. The van der Waals surface area contributed by atoms with Crippen LogP contribution in [-0.4, -0.2) is 0 Å². The van der Waals surface area contributed by atoms with Gasteiger partial charge in [0.15, 0.2) is 0 Å². The van der Waals surface area contributed by atoms with Crippen LogP contribution in [0, 0.1) is 11.3 Å². The Hall–Kier alpha value is -0.370. The van der Waals surface area contributed by atoms with Crippen molar-refractivity contribution in [3.63, 3.8) is 0 Å². The Labute approximate surface area is 87.6 Å². The van der Waals surface area contributed by atoms with Gasteiger partial charge in [0.25, 0.3) is 0 Å². The van der Waals surface area contributed by atoms with Crippen LogP contribution in [0.3, 0.4) is 0 Å². The Bertz CT molecular complexity index is 330. The van der Waals surface area contributed by atoms with Crippen LogP contribution in [0.2, 0.25) is 0 Å². The van der Waals surface area contributed by atoms with E-state index >= 15 is 0 Å². The van der Waals surface area contributed by atoms with Gasteiger partial charge in [0, 0.05) is 8.95 Å². The third-order valence-electron chi connectivity index (χ3n) is 1.44. The summed E-state index contributed by atoms with van der Waals surface area (Å²) in [6, 6.07) is 6.93. The minimum atomic E-state index is -0.547. The molecule has 0 aliphatic rings. The molecule has 0 heterocycles. The van der Waals surface area contributed by atoms with Crippen LogP contribution < -0.4 is 5.73 Å². The van der Waals surface area contributed by atoms with Crippen molar-refractivity contribution >= 4 is 31.9 Å². The molecule has 1 atom stereocenters. The van der Waals surface area contributed by atoms with Crippen LogP contribution in [0.4, 0.5) is 0 Å². The number of nitriles is 1. The molecule has 0 radical (unpaired) electrons. The predicted molar refractivity (Wildman–Crippen MR) is 54.4 cm³/mol. The first-order valence-electron chi connectivity index (χ1n) is 3.25. The van der Waals surface area contributed by atoms with Gasteiger partial charge in [-0.15, -0.1) is 0 Å². The average molecular weight is 290 g/mol. The molecule has 4 heteroatoms. The van der Waals surface area contributed by atoms with E-state index in [1.807, 2.05) is 24.3 Å².